The van der Waals surface area contributed by atoms with E-state index in [2.05, 4.69) is 6.92 Å². The monoisotopic (exact) mass is 332 g/mol. The molecule has 1 aromatic carbocycles. The maximum atomic E-state index is 12.7. The van der Waals surface area contributed by atoms with Crippen molar-refractivity contribution in [1.29, 1.82) is 0 Å². The van der Waals surface area contributed by atoms with E-state index in [0.29, 0.717) is 24.6 Å². The molecule has 1 saturated heterocycles. The van der Waals surface area contributed by atoms with Gasteiger partial charge in [-0.05, 0) is 30.9 Å². The lowest BCUT2D eigenvalue weighted by Crippen LogP contribution is -2.39. The topological polar surface area (TPSA) is 63.4 Å². The van der Waals surface area contributed by atoms with E-state index >= 15 is 0 Å². The Morgan fingerprint density at radius 3 is 2.80 bits per heavy atom. The van der Waals surface area contributed by atoms with Crippen LogP contribution in [0.5, 0.6) is 0 Å². The normalized spacial score (nSPS) is 20.8. The molecule has 1 unspecified atom stereocenters. The van der Waals surface area contributed by atoms with Crippen LogP contribution in [0.4, 0.5) is 0 Å². The second-order valence-corrected chi connectivity index (χ2v) is 7.87. The minimum Gasteiger partial charge on any atom is -0.389 e. The molecular weight excluding hydrogens is 316 g/mol. The van der Waals surface area contributed by atoms with Crippen LogP contribution >= 0.6 is 23.8 Å². The highest BCUT2D eigenvalue weighted by molar-refractivity contribution is 7.89. The SMILES string of the molecule is CC1CCCN(S(=O)(=O)c2cc(C(N)=S)ccc2Cl)C1. The molecule has 1 aliphatic heterocycles. The Hall–Kier alpha value is -0.690. The molecule has 0 aromatic heterocycles. The molecule has 1 heterocycles. The molecule has 0 spiro atoms. The predicted octanol–water partition coefficient (Wildman–Crippen LogP) is 2.39. The van der Waals surface area contributed by atoms with E-state index in [1.807, 2.05) is 0 Å². The van der Waals surface area contributed by atoms with Crippen LogP contribution in [-0.4, -0.2) is 30.8 Å². The number of rotatable bonds is 3. The van der Waals surface area contributed by atoms with Crippen molar-refractivity contribution in [3.63, 3.8) is 0 Å². The number of sulfonamides is 1. The number of halogens is 1. The zero-order valence-electron chi connectivity index (χ0n) is 11.2. The average Bonchev–Trinajstić information content (AvgIpc) is 2.38. The number of thiocarbonyl (C=S) groups is 1. The van der Waals surface area contributed by atoms with Gasteiger partial charge in [-0.15, -0.1) is 0 Å². The van der Waals surface area contributed by atoms with Gasteiger partial charge in [0.25, 0.3) is 0 Å². The maximum absolute atomic E-state index is 12.7. The molecule has 0 saturated carbocycles. The highest BCUT2D eigenvalue weighted by Gasteiger charge is 2.30. The van der Waals surface area contributed by atoms with Gasteiger partial charge >= 0.3 is 0 Å². The predicted molar refractivity (Wildman–Crippen MR) is 84.5 cm³/mol. The van der Waals surface area contributed by atoms with Gasteiger partial charge in [0.1, 0.15) is 9.88 Å². The molecule has 1 atom stereocenters. The second kappa shape index (κ2) is 5.97. The van der Waals surface area contributed by atoms with E-state index in [4.69, 9.17) is 29.6 Å². The van der Waals surface area contributed by atoms with Crippen molar-refractivity contribution in [3.05, 3.63) is 28.8 Å². The number of hydrogen-bond donors (Lipinski definition) is 1. The van der Waals surface area contributed by atoms with Crippen LogP contribution in [0.2, 0.25) is 5.02 Å². The first-order valence-electron chi connectivity index (χ1n) is 6.42. The number of nitrogens with zero attached hydrogens (tertiary/aromatic N) is 1. The molecule has 0 radical (unpaired) electrons. The Labute approximate surface area is 130 Å². The molecule has 0 bridgehead atoms. The van der Waals surface area contributed by atoms with Gasteiger partial charge < -0.3 is 5.73 Å². The summed E-state index contributed by atoms with van der Waals surface area (Å²) in [5, 5.41) is 0.197. The Balaban J connectivity index is 2.43. The number of piperidine rings is 1. The summed E-state index contributed by atoms with van der Waals surface area (Å²) in [7, 11) is -3.60. The quantitative estimate of drug-likeness (QED) is 0.863. The molecule has 0 amide bonds. The van der Waals surface area contributed by atoms with Gasteiger partial charge in [-0.1, -0.05) is 36.8 Å². The van der Waals surface area contributed by atoms with Gasteiger partial charge in [-0.3, -0.25) is 0 Å². The van der Waals surface area contributed by atoms with Gasteiger partial charge in [0, 0.05) is 18.7 Å². The maximum Gasteiger partial charge on any atom is 0.244 e. The van der Waals surface area contributed by atoms with E-state index in [1.165, 1.54) is 16.4 Å². The fourth-order valence-electron chi connectivity index (χ4n) is 2.36. The Morgan fingerprint density at radius 2 is 2.20 bits per heavy atom. The number of benzene rings is 1. The van der Waals surface area contributed by atoms with Crippen LogP contribution < -0.4 is 5.73 Å². The number of nitrogens with two attached hydrogens (primary N) is 1. The summed E-state index contributed by atoms with van der Waals surface area (Å²) in [5.41, 5.74) is 6.06. The third kappa shape index (κ3) is 3.14. The summed E-state index contributed by atoms with van der Waals surface area (Å²) in [6.45, 7) is 3.10. The molecule has 2 rings (SSSR count). The van der Waals surface area contributed by atoms with Gasteiger partial charge in [0.05, 0.1) is 5.02 Å². The molecule has 0 aliphatic carbocycles. The highest BCUT2D eigenvalue weighted by atomic mass is 35.5. The highest BCUT2D eigenvalue weighted by Crippen LogP contribution is 2.29. The fourth-order valence-corrected chi connectivity index (χ4v) is 4.58. The molecule has 4 nitrogen and oxygen atoms in total. The van der Waals surface area contributed by atoms with Crippen LogP contribution in [-0.2, 0) is 10.0 Å². The Kier molecular flexibility index (Phi) is 4.69. The molecule has 7 heteroatoms. The molecule has 2 N–H and O–H groups in total. The Bertz CT molecular complexity index is 631. The molecule has 1 aliphatic rings. The fraction of sp³-hybridized carbons (Fsp3) is 0.462. The van der Waals surface area contributed by atoms with Crippen molar-refractivity contribution < 1.29 is 8.42 Å². The molecule has 1 aromatic rings. The molecular formula is C13H17ClN2O2S2. The lowest BCUT2D eigenvalue weighted by molar-refractivity contribution is 0.281. The van der Waals surface area contributed by atoms with Crippen molar-refractivity contribution in [2.75, 3.05) is 13.1 Å². The lowest BCUT2D eigenvalue weighted by atomic mass is 10.0. The molecule has 20 heavy (non-hydrogen) atoms. The van der Waals surface area contributed by atoms with Crippen molar-refractivity contribution in [1.82, 2.24) is 4.31 Å². The van der Waals surface area contributed by atoms with Crippen LogP contribution in [0.1, 0.15) is 25.3 Å². The van der Waals surface area contributed by atoms with E-state index in [-0.39, 0.29) is 14.9 Å². The minimum absolute atomic E-state index is 0.0820. The summed E-state index contributed by atoms with van der Waals surface area (Å²) in [4.78, 5) is 0.240. The van der Waals surface area contributed by atoms with Crippen molar-refractivity contribution in [3.8, 4) is 0 Å². The smallest absolute Gasteiger partial charge is 0.244 e. The van der Waals surface area contributed by atoms with Crippen LogP contribution in [0, 0.1) is 5.92 Å². The largest absolute Gasteiger partial charge is 0.389 e. The van der Waals surface area contributed by atoms with Crippen LogP contribution in [0.25, 0.3) is 0 Å². The van der Waals surface area contributed by atoms with Crippen LogP contribution in [0.15, 0.2) is 23.1 Å². The van der Waals surface area contributed by atoms with Crippen molar-refractivity contribution >= 4 is 38.8 Å². The van der Waals surface area contributed by atoms with E-state index < -0.39 is 10.0 Å². The van der Waals surface area contributed by atoms with Gasteiger partial charge in [-0.25, -0.2) is 8.42 Å². The first-order valence-corrected chi connectivity index (χ1v) is 8.64. The van der Waals surface area contributed by atoms with E-state index in [1.54, 1.807) is 6.07 Å². The van der Waals surface area contributed by atoms with Crippen molar-refractivity contribution in [2.45, 2.75) is 24.7 Å². The second-order valence-electron chi connectivity index (χ2n) is 5.12. The number of hydrogen-bond acceptors (Lipinski definition) is 3. The summed E-state index contributed by atoms with van der Waals surface area (Å²) in [5.74, 6) is 0.357. The third-order valence-electron chi connectivity index (χ3n) is 3.45. The molecule has 1 fully saturated rings. The van der Waals surface area contributed by atoms with E-state index in [0.717, 1.165) is 12.8 Å². The summed E-state index contributed by atoms with van der Waals surface area (Å²) < 4.78 is 26.9. The average molecular weight is 333 g/mol. The zero-order chi connectivity index (χ0) is 14.9. The molecule has 110 valence electrons. The van der Waals surface area contributed by atoms with Gasteiger partial charge in [-0.2, -0.15) is 4.31 Å². The Morgan fingerprint density at radius 1 is 1.50 bits per heavy atom. The third-order valence-corrected chi connectivity index (χ3v) is 6.04. The summed E-state index contributed by atoms with van der Waals surface area (Å²) >= 11 is 10.9. The standard InChI is InChI=1S/C13H17ClN2O2S2/c1-9-3-2-6-16(8-9)20(17,18)12-7-10(13(15)19)4-5-11(12)14/h4-5,7,9H,2-3,6,8H2,1H3,(H2,15,19). The zero-order valence-corrected chi connectivity index (χ0v) is 13.6. The summed E-state index contributed by atoms with van der Waals surface area (Å²) in [6.07, 6.45) is 1.92. The van der Waals surface area contributed by atoms with Crippen LogP contribution in [0.3, 0.4) is 0 Å². The van der Waals surface area contributed by atoms with Crippen molar-refractivity contribution in [2.24, 2.45) is 11.7 Å². The van der Waals surface area contributed by atoms with Gasteiger partial charge in [0.2, 0.25) is 10.0 Å². The van der Waals surface area contributed by atoms with E-state index in [9.17, 15) is 8.42 Å². The first-order chi connectivity index (χ1) is 9.32. The lowest BCUT2D eigenvalue weighted by Gasteiger charge is -2.30. The first kappa shape index (κ1) is 15.7. The summed E-state index contributed by atoms with van der Waals surface area (Å²) in [6, 6.07) is 4.61. The minimum atomic E-state index is -3.60. The van der Waals surface area contributed by atoms with Gasteiger partial charge in [0.15, 0.2) is 0 Å².